The van der Waals surface area contributed by atoms with E-state index in [0.717, 1.165) is 31.6 Å². The van der Waals surface area contributed by atoms with Gasteiger partial charge in [-0.1, -0.05) is 19.8 Å². The molecule has 3 nitrogen and oxygen atoms in total. The first-order valence-corrected chi connectivity index (χ1v) is 7.56. The van der Waals surface area contributed by atoms with E-state index in [4.69, 9.17) is 0 Å². The van der Waals surface area contributed by atoms with Gasteiger partial charge in [0.05, 0.1) is 0 Å². The molecule has 0 aromatic carbocycles. The normalized spacial score (nSPS) is 23.7. The molecule has 1 saturated carbocycles. The summed E-state index contributed by atoms with van der Waals surface area (Å²) >= 11 is 0. The van der Waals surface area contributed by atoms with Gasteiger partial charge in [0.25, 0.3) is 0 Å². The van der Waals surface area contributed by atoms with Gasteiger partial charge in [0.2, 0.25) is 0 Å². The zero-order chi connectivity index (χ0) is 13.5. The van der Waals surface area contributed by atoms with Crippen molar-refractivity contribution in [2.45, 2.75) is 45.2 Å². The van der Waals surface area contributed by atoms with Crippen LogP contribution in [0.5, 0.6) is 0 Å². The Kier molecular flexibility index (Phi) is 5.80. The summed E-state index contributed by atoms with van der Waals surface area (Å²) in [5.41, 5.74) is 1.34. The van der Waals surface area contributed by atoms with Crippen LogP contribution in [0.3, 0.4) is 0 Å². The van der Waals surface area contributed by atoms with E-state index in [1.807, 2.05) is 12.4 Å². The average Bonchev–Trinajstić information content (AvgIpc) is 2.42. The minimum Gasteiger partial charge on any atom is -0.312 e. The van der Waals surface area contributed by atoms with Crippen LogP contribution in [-0.4, -0.2) is 36.1 Å². The highest BCUT2D eigenvalue weighted by molar-refractivity contribution is 5.09. The number of pyridine rings is 1. The number of aromatic nitrogens is 1. The average molecular weight is 261 g/mol. The van der Waals surface area contributed by atoms with Crippen LogP contribution >= 0.6 is 0 Å². The number of likely N-dealkylation sites (N-methyl/N-ethyl adjacent to an activating group) is 1. The summed E-state index contributed by atoms with van der Waals surface area (Å²) in [5.74, 6) is 0.847. The molecule has 2 unspecified atom stereocenters. The van der Waals surface area contributed by atoms with Crippen LogP contribution in [0.2, 0.25) is 0 Å². The molecule has 1 fully saturated rings. The molecule has 1 aromatic heterocycles. The maximum absolute atomic E-state index is 4.05. The van der Waals surface area contributed by atoms with Crippen LogP contribution < -0.4 is 5.32 Å². The second kappa shape index (κ2) is 7.61. The molecule has 0 bridgehead atoms. The van der Waals surface area contributed by atoms with E-state index in [1.54, 1.807) is 0 Å². The predicted molar refractivity (Wildman–Crippen MR) is 80.0 cm³/mol. The Morgan fingerprint density at radius 1 is 1.26 bits per heavy atom. The van der Waals surface area contributed by atoms with E-state index in [9.17, 15) is 0 Å². The quantitative estimate of drug-likeness (QED) is 0.853. The zero-order valence-electron chi connectivity index (χ0n) is 12.3. The summed E-state index contributed by atoms with van der Waals surface area (Å²) in [6.45, 7) is 5.59. The summed E-state index contributed by atoms with van der Waals surface area (Å²) in [6.07, 6.45) is 9.30. The van der Waals surface area contributed by atoms with Gasteiger partial charge in [-0.05, 0) is 43.5 Å². The van der Waals surface area contributed by atoms with Gasteiger partial charge in [-0.25, -0.2) is 0 Å². The summed E-state index contributed by atoms with van der Waals surface area (Å²) in [4.78, 5) is 6.42. The molecule has 0 amide bonds. The fourth-order valence-corrected chi connectivity index (χ4v) is 2.94. The predicted octanol–water partition coefficient (Wildman–Crippen LogP) is 2.68. The highest BCUT2D eigenvalue weighted by Crippen LogP contribution is 2.23. The molecule has 0 aliphatic heterocycles. The molecule has 1 aliphatic carbocycles. The Labute approximate surface area is 117 Å². The van der Waals surface area contributed by atoms with Crippen LogP contribution in [-0.2, 0) is 6.54 Å². The van der Waals surface area contributed by atoms with Crippen molar-refractivity contribution in [1.82, 2.24) is 15.2 Å². The molecule has 19 heavy (non-hydrogen) atoms. The van der Waals surface area contributed by atoms with Crippen LogP contribution in [0, 0.1) is 5.92 Å². The van der Waals surface area contributed by atoms with E-state index in [-0.39, 0.29) is 0 Å². The summed E-state index contributed by atoms with van der Waals surface area (Å²) in [6, 6.07) is 4.92. The number of nitrogens with one attached hydrogen (secondary N) is 1. The van der Waals surface area contributed by atoms with Gasteiger partial charge in [-0.2, -0.15) is 0 Å². The van der Waals surface area contributed by atoms with Gasteiger partial charge >= 0.3 is 0 Å². The van der Waals surface area contributed by atoms with E-state index in [1.165, 1.54) is 31.2 Å². The molecule has 0 radical (unpaired) electrons. The Bertz CT molecular complexity index is 352. The number of rotatable bonds is 6. The van der Waals surface area contributed by atoms with Gasteiger partial charge < -0.3 is 10.2 Å². The van der Waals surface area contributed by atoms with Crippen LogP contribution in [0.15, 0.2) is 24.5 Å². The van der Waals surface area contributed by atoms with Crippen molar-refractivity contribution >= 4 is 0 Å². The van der Waals surface area contributed by atoms with Crippen molar-refractivity contribution in [2.75, 3.05) is 20.1 Å². The highest BCUT2D eigenvalue weighted by Gasteiger charge is 2.20. The van der Waals surface area contributed by atoms with Crippen molar-refractivity contribution < 1.29 is 0 Å². The molecule has 0 spiro atoms. The zero-order valence-corrected chi connectivity index (χ0v) is 12.3. The molecular weight excluding hydrogens is 234 g/mol. The van der Waals surface area contributed by atoms with Crippen molar-refractivity contribution in [3.8, 4) is 0 Å². The molecule has 1 heterocycles. The molecule has 1 N–H and O–H groups in total. The van der Waals surface area contributed by atoms with Crippen molar-refractivity contribution in [2.24, 2.45) is 5.92 Å². The van der Waals surface area contributed by atoms with Gasteiger partial charge in [0.1, 0.15) is 0 Å². The lowest BCUT2D eigenvalue weighted by Crippen LogP contribution is -2.40. The molecule has 1 aromatic rings. The lowest BCUT2D eigenvalue weighted by molar-refractivity contribution is 0.258. The molecule has 3 heteroatoms. The minimum atomic E-state index is 0.739. The smallest absolute Gasteiger partial charge is 0.0271 e. The SMILES string of the molecule is CC1CCCCC1NCCN(C)Cc1ccncc1. The Hall–Kier alpha value is -0.930. The van der Waals surface area contributed by atoms with Gasteiger partial charge in [-0.3, -0.25) is 4.98 Å². The minimum absolute atomic E-state index is 0.739. The third-order valence-electron chi connectivity index (χ3n) is 4.21. The third-order valence-corrected chi connectivity index (χ3v) is 4.21. The molecule has 106 valence electrons. The highest BCUT2D eigenvalue weighted by atomic mass is 15.1. The first-order chi connectivity index (χ1) is 9.25. The standard InChI is InChI=1S/C16H27N3/c1-14-5-3-4-6-16(14)18-11-12-19(2)13-15-7-9-17-10-8-15/h7-10,14,16,18H,3-6,11-13H2,1-2H3. The Morgan fingerprint density at radius 2 is 2.00 bits per heavy atom. The Morgan fingerprint density at radius 3 is 2.74 bits per heavy atom. The maximum Gasteiger partial charge on any atom is 0.0271 e. The van der Waals surface area contributed by atoms with Crippen molar-refractivity contribution in [3.63, 3.8) is 0 Å². The molecule has 1 aliphatic rings. The van der Waals surface area contributed by atoms with Crippen LogP contribution in [0.25, 0.3) is 0 Å². The first kappa shape index (κ1) is 14.5. The number of hydrogen-bond donors (Lipinski definition) is 1. The monoisotopic (exact) mass is 261 g/mol. The van der Waals surface area contributed by atoms with E-state index >= 15 is 0 Å². The lowest BCUT2D eigenvalue weighted by atomic mass is 9.86. The fourth-order valence-electron chi connectivity index (χ4n) is 2.94. The largest absolute Gasteiger partial charge is 0.312 e. The molecule has 2 atom stereocenters. The van der Waals surface area contributed by atoms with Gasteiger partial charge in [0.15, 0.2) is 0 Å². The Balaban J connectivity index is 1.65. The van der Waals surface area contributed by atoms with Gasteiger partial charge in [0, 0.05) is 38.1 Å². The lowest BCUT2D eigenvalue weighted by Gasteiger charge is -2.30. The molecule has 0 saturated heterocycles. The topological polar surface area (TPSA) is 28.2 Å². The van der Waals surface area contributed by atoms with Gasteiger partial charge in [-0.15, -0.1) is 0 Å². The summed E-state index contributed by atoms with van der Waals surface area (Å²) in [7, 11) is 2.19. The second-order valence-corrected chi connectivity index (χ2v) is 5.92. The van der Waals surface area contributed by atoms with Crippen LogP contribution in [0.4, 0.5) is 0 Å². The number of hydrogen-bond acceptors (Lipinski definition) is 3. The first-order valence-electron chi connectivity index (χ1n) is 7.56. The fraction of sp³-hybridized carbons (Fsp3) is 0.688. The van der Waals surface area contributed by atoms with Crippen molar-refractivity contribution in [3.05, 3.63) is 30.1 Å². The van der Waals surface area contributed by atoms with Crippen LogP contribution in [0.1, 0.15) is 38.2 Å². The maximum atomic E-state index is 4.05. The summed E-state index contributed by atoms with van der Waals surface area (Å²) in [5, 5.41) is 3.73. The molecule has 2 rings (SSSR count). The summed E-state index contributed by atoms with van der Waals surface area (Å²) < 4.78 is 0. The third kappa shape index (κ3) is 4.92. The van der Waals surface area contributed by atoms with E-state index in [0.29, 0.717) is 0 Å². The number of nitrogens with zero attached hydrogens (tertiary/aromatic N) is 2. The second-order valence-electron chi connectivity index (χ2n) is 5.92. The van der Waals surface area contributed by atoms with E-state index in [2.05, 4.69) is 41.3 Å². The van der Waals surface area contributed by atoms with Crippen molar-refractivity contribution in [1.29, 1.82) is 0 Å². The van der Waals surface area contributed by atoms with E-state index < -0.39 is 0 Å². The molecular formula is C16H27N3.